The molecule has 1 fully saturated rings. The number of carbonyl (C=O) groups excluding carboxylic acids is 1. The Hall–Kier alpha value is -2.58. The molecule has 0 bridgehead atoms. The van der Waals surface area contributed by atoms with E-state index in [1.807, 2.05) is 6.92 Å². The van der Waals surface area contributed by atoms with Crippen molar-refractivity contribution in [1.29, 1.82) is 0 Å². The van der Waals surface area contributed by atoms with Gasteiger partial charge in [-0.25, -0.2) is 8.42 Å². The zero-order chi connectivity index (χ0) is 24.4. The maximum absolute atomic E-state index is 13.2. The molecule has 7 nitrogen and oxygen atoms in total. The van der Waals surface area contributed by atoms with Crippen molar-refractivity contribution >= 4 is 15.9 Å². The first-order chi connectivity index (χ1) is 16.9. The van der Waals surface area contributed by atoms with Crippen molar-refractivity contribution in [1.82, 2.24) is 9.62 Å². The molecule has 0 saturated carbocycles. The molecule has 188 valence electrons. The summed E-state index contributed by atoms with van der Waals surface area (Å²) in [6.45, 7) is 3.72. The number of amides is 1. The fourth-order valence-electron chi connectivity index (χ4n) is 5.25. The summed E-state index contributed by atoms with van der Waals surface area (Å²) < 4.78 is 39.2. The lowest BCUT2D eigenvalue weighted by Gasteiger charge is -2.31. The first-order valence-electron chi connectivity index (χ1n) is 12.7. The van der Waals surface area contributed by atoms with Gasteiger partial charge in [0.05, 0.1) is 24.2 Å². The number of ether oxygens (including phenoxy) is 2. The summed E-state index contributed by atoms with van der Waals surface area (Å²) in [4.78, 5) is 13.2. The SMILES string of the molecule is C[C@@H](NC(=O)C1CCN(S(=O)(=O)c2ccc3c(c2)OCCCO3)CC1)c1ccc2c(c1)CCCC2. The number of nitrogens with one attached hydrogen (secondary N) is 1. The molecule has 35 heavy (non-hydrogen) atoms. The Kier molecular flexibility index (Phi) is 7.02. The average molecular weight is 499 g/mol. The van der Waals surface area contributed by atoms with Crippen molar-refractivity contribution in [3.05, 3.63) is 53.1 Å². The van der Waals surface area contributed by atoms with Crippen LogP contribution in [-0.2, 0) is 27.7 Å². The molecule has 8 heteroatoms. The Morgan fingerprint density at radius 1 is 0.943 bits per heavy atom. The first-order valence-corrected chi connectivity index (χ1v) is 14.2. The fourth-order valence-corrected chi connectivity index (χ4v) is 6.73. The average Bonchev–Trinajstić information content (AvgIpc) is 3.13. The van der Waals surface area contributed by atoms with Crippen molar-refractivity contribution in [2.45, 2.75) is 62.8 Å². The molecule has 0 radical (unpaired) electrons. The van der Waals surface area contributed by atoms with Gasteiger partial charge in [0.25, 0.3) is 0 Å². The van der Waals surface area contributed by atoms with Gasteiger partial charge >= 0.3 is 0 Å². The number of sulfonamides is 1. The molecule has 2 heterocycles. The molecule has 0 unspecified atom stereocenters. The number of carbonyl (C=O) groups is 1. The summed E-state index contributed by atoms with van der Waals surface area (Å²) in [6.07, 6.45) is 6.51. The maximum Gasteiger partial charge on any atom is 0.243 e. The largest absolute Gasteiger partial charge is 0.490 e. The van der Waals surface area contributed by atoms with Gasteiger partial charge in [0.2, 0.25) is 15.9 Å². The molecular formula is C27H34N2O5S. The van der Waals surface area contributed by atoms with E-state index in [0.717, 1.165) is 24.8 Å². The van der Waals surface area contributed by atoms with Crippen LogP contribution in [0.4, 0.5) is 0 Å². The van der Waals surface area contributed by atoms with E-state index < -0.39 is 10.0 Å². The first kappa shape index (κ1) is 24.1. The van der Waals surface area contributed by atoms with Crippen LogP contribution in [0, 0.1) is 5.92 Å². The van der Waals surface area contributed by atoms with E-state index >= 15 is 0 Å². The minimum absolute atomic E-state index is 0.00264. The van der Waals surface area contributed by atoms with Gasteiger partial charge in [-0.05, 0) is 74.3 Å². The smallest absolute Gasteiger partial charge is 0.243 e. The van der Waals surface area contributed by atoms with Gasteiger partial charge in [-0.1, -0.05) is 18.2 Å². The van der Waals surface area contributed by atoms with E-state index in [1.54, 1.807) is 18.2 Å². The number of fused-ring (bicyclic) bond motifs is 2. The highest BCUT2D eigenvalue weighted by Crippen LogP contribution is 2.34. The number of nitrogens with zero attached hydrogens (tertiary/aromatic N) is 1. The molecular weight excluding hydrogens is 464 g/mol. The van der Waals surface area contributed by atoms with E-state index in [0.29, 0.717) is 50.6 Å². The fraction of sp³-hybridized carbons (Fsp3) is 0.519. The third-order valence-electron chi connectivity index (χ3n) is 7.41. The minimum atomic E-state index is -3.67. The van der Waals surface area contributed by atoms with Gasteiger partial charge in [0.1, 0.15) is 0 Å². The van der Waals surface area contributed by atoms with Gasteiger partial charge in [-0.15, -0.1) is 0 Å². The van der Waals surface area contributed by atoms with Crippen LogP contribution in [0.3, 0.4) is 0 Å². The number of rotatable bonds is 5. The van der Waals surface area contributed by atoms with Crippen molar-refractivity contribution < 1.29 is 22.7 Å². The van der Waals surface area contributed by atoms with Gasteiger partial charge < -0.3 is 14.8 Å². The number of benzene rings is 2. The molecule has 1 atom stereocenters. The van der Waals surface area contributed by atoms with Crippen LogP contribution in [0.5, 0.6) is 11.5 Å². The van der Waals surface area contributed by atoms with Crippen LogP contribution in [0.15, 0.2) is 41.3 Å². The highest BCUT2D eigenvalue weighted by Gasteiger charge is 2.33. The van der Waals surface area contributed by atoms with E-state index in [-0.39, 0.29) is 22.8 Å². The molecule has 0 aromatic heterocycles. The lowest BCUT2D eigenvalue weighted by atomic mass is 9.89. The van der Waals surface area contributed by atoms with Gasteiger partial charge in [0.15, 0.2) is 11.5 Å². The second-order valence-corrected chi connectivity index (χ2v) is 11.7. The quantitative estimate of drug-likeness (QED) is 0.674. The number of piperidine rings is 1. The Morgan fingerprint density at radius 3 is 2.43 bits per heavy atom. The van der Waals surface area contributed by atoms with Crippen molar-refractivity contribution in [3.63, 3.8) is 0 Å². The predicted molar refractivity (Wildman–Crippen MR) is 133 cm³/mol. The van der Waals surface area contributed by atoms with Crippen LogP contribution in [0.2, 0.25) is 0 Å². The van der Waals surface area contributed by atoms with Crippen molar-refractivity contribution in [3.8, 4) is 11.5 Å². The molecule has 1 aliphatic carbocycles. The van der Waals surface area contributed by atoms with Gasteiger partial charge in [-0.3, -0.25) is 4.79 Å². The summed E-state index contributed by atoms with van der Waals surface area (Å²) >= 11 is 0. The zero-order valence-electron chi connectivity index (χ0n) is 20.3. The van der Waals surface area contributed by atoms with Crippen molar-refractivity contribution in [2.75, 3.05) is 26.3 Å². The predicted octanol–water partition coefficient (Wildman–Crippen LogP) is 4.00. The number of aryl methyl sites for hydroxylation is 2. The topological polar surface area (TPSA) is 84.9 Å². The molecule has 1 amide bonds. The van der Waals surface area contributed by atoms with Crippen LogP contribution < -0.4 is 14.8 Å². The van der Waals surface area contributed by atoms with Crippen LogP contribution in [-0.4, -0.2) is 44.9 Å². The normalized spacial score (nSPS) is 19.9. The second-order valence-electron chi connectivity index (χ2n) is 9.80. The molecule has 3 aliphatic rings. The van der Waals surface area contributed by atoms with Crippen LogP contribution in [0.1, 0.15) is 61.8 Å². The monoisotopic (exact) mass is 498 g/mol. The van der Waals surface area contributed by atoms with Crippen LogP contribution >= 0.6 is 0 Å². The highest BCUT2D eigenvalue weighted by molar-refractivity contribution is 7.89. The highest BCUT2D eigenvalue weighted by atomic mass is 32.2. The Morgan fingerprint density at radius 2 is 1.66 bits per heavy atom. The number of hydrogen-bond donors (Lipinski definition) is 1. The molecule has 2 aromatic carbocycles. The summed E-state index contributed by atoms with van der Waals surface area (Å²) in [7, 11) is -3.67. The zero-order valence-corrected chi connectivity index (χ0v) is 21.1. The maximum atomic E-state index is 13.2. The molecule has 1 N–H and O–H groups in total. The van der Waals surface area contributed by atoms with E-state index in [4.69, 9.17) is 9.47 Å². The molecule has 1 saturated heterocycles. The minimum Gasteiger partial charge on any atom is -0.490 e. The molecule has 2 aromatic rings. The summed E-state index contributed by atoms with van der Waals surface area (Å²) in [5.74, 6) is 0.854. The Bertz CT molecular complexity index is 1190. The third kappa shape index (κ3) is 5.19. The lowest BCUT2D eigenvalue weighted by molar-refractivity contribution is -0.126. The summed E-state index contributed by atoms with van der Waals surface area (Å²) in [5, 5.41) is 3.16. The number of hydrogen-bond acceptors (Lipinski definition) is 5. The van der Waals surface area contributed by atoms with Crippen molar-refractivity contribution in [2.24, 2.45) is 5.92 Å². The standard InChI is InChI=1S/C27H34N2O5S/c1-19(22-8-7-20-5-2-3-6-23(20)17-22)28-27(30)21-11-13-29(14-12-21)35(31,32)24-9-10-25-26(18-24)34-16-4-15-33-25/h7-10,17-19,21H,2-6,11-16H2,1H3,(H,28,30)/t19-/m1/s1. The van der Waals surface area contributed by atoms with E-state index in [2.05, 4.69) is 23.5 Å². The summed E-state index contributed by atoms with van der Waals surface area (Å²) in [6, 6.07) is 11.3. The van der Waals surface area contributed by atoms with E-state index in [9.17, 15) is 13.2 Å². The molecule has 2 aliphatic heterocycles. The van der Waals surface area contributed by atoms with Gasteiger partial charge in [-0.2, -0.15) is 4.31 Å². The molecule has 0 spiro atoms. The van der Waals surface area contributed by atoms with Crippen LogP contribution in [0.25, 0.3) is 0 Å². The second kappa shape index (κ2) is 10.2. The van der Waals surface area contributed by atoms with E-state index in [1.165, 1.54) is 28.3 Å². The van der Waals surface area contributed by atoms with Gasteiger partial charge in [0, 0.05) is 31.5 Å². The lowest BCUT2D eigenvalue weighted by Crippen LogP contribution is -2.43. The third-order valence-corrected chi connectivity index (χ3v) is 9.31. The molecule has 5 rings (SSSR count). The Labute approximate surface area is 207 Å². The Balaban J connectivity index is 1.19. The summed E-state index contributed by atoms with van der Waals surface area (Å²) in [5.41, 5.74) is 3.97.